The fourth-order valence-electron chi connectivity index (χ4n) is 2.54. The summed E-state index contributed by atoms with van der Waals surface area (Å²) in [7, 11) is 1.97. The first kappa shape index (κ1) is 16.3. The molecule has 2 aromatic carbocycles. The number of non-ortho nitro benzene ring substituents is 1. The third kappa shape index (κ3) is 3.04. The molecule has 0 radical (unpaired) electrons. The Bertz CT molecular complexity index is 1090. The summed E-state index contributed by atoms with van der Waals surface area (Å²) >= 11 is 1.51. The number of imidazole rings is 1. The van der Waals surface area contributed by atoms with Crippen molar-refractivity contribution in [2.24, 2.45) is 7.05 Å². The summed E-state index contributed by atoms with van der Waals surface area (Å²) in [5, 5.41) is 15.5. The summed E-state index contributed by atoms with van der Waals surface area (Å²) in [5.74, 6) is 1.35. The van der Waals surface area contributed by atoms with Gasteiger partial charge in [0.15, 0.2) is 5.16 Å². The van der Waals surface area contributed by atoms with Crippen molar-refractivity contribution in [2.45, 2.75) is 10.9 Å². The van der Waals surface area contributed by atoms with Crippen LogP contribution in [0.4, 0.5) is 5.69 Å². The van der Waals surface area contributed by atoms with Crippen LogP contribution >= 0.6 is 11.8 Å². The molecule has 0 aliphatic heterocycles. The maximum Gasteiger partial charge on any atom is 0.269 e. The lowest BCUT2D eigenvalue weighted by Gasteiger charge is -1.99. The largest absolute Gasteiger partial charge is 0.338 e. The average Bonchev–Trinajstić information content (AvgIpc) is 3.25. The zero-order chi connectivity index (χ0) is 18.1. The smallest absolute Gasteiger partial charge is 0.269 e. The molecule has 0 N–H and O–H groups in total. The van der Waals surface area contributed by atoms with Gasteiger partial charge in [-0.05, 0) is 24.3 Å². The minimum Gasteiger partial charge on any atom is -0.338 e. The second-order valence-corrected chi connectivity index (χ2v) is 6.49. The van der Waals surface area contributed by atoms with Gasteiger partial charge < -0.3 is 9.09 Å². The summed E-state index contributed by atoms with van der Waals surface area (Å²) in [6.07, 6.45) is 0. The molecule has 9 heteroatoms. The molecular weight excluding hydrogens is 354 g/mol. The molecule has 4 aromatic rings. The Labute approximate surface area is 152 Å². The van der Waals surface area contributed by atoms with Gasteiger partial charge in [-0.2, -0.15) is 4.98 Å². The van der Waals surface area contributed by atoms with Crippen molar-refractivity contribution in [2.75, 3.05) is 0 Å². The minimum atomic E-state index is -0.446. The first-order valence-corrected chi connectivity index (χ1v) is 8.72. The van der Waals surface area contributed by atoms with Crippen molar-refractivity contribution >= 4 is 28.5 Å². The van der Waals surface area contributed by atoms with Crippen LogP contribution in [0.1, 0.15) is 5.89 Å². The maximum absolute atomic E-state index is 10.7. The van der Waals surface area contributed by atoms with E-state index in [0.717, 1.165) is 16.2 Å². The summed E-state index contributed by atoms with van der Waals surface area (Å²) in [6, 6.07) is 14.0. The van der Waals surface area contributed by atoms with Gasteiger partial charge in [-0.1, -0.05) is 29.1 Å². The molecule has 8 nitrogen and oxygen atoms in total. The van der Waals surface area contributed by atoms with Gasteiger partial charge in [0, 0.05) is 24.7 Å². The van der Waals surface area contributed by atoms with E-state index >= 15 is 0 Å². The van der Waals surface area contributed by atoms with Gasteiger partial charge in [0.05, 0.1) is 21.7 Å². The fraction of sp³-hybridized carbons (Fsp3) is 0.118. The van der Waals surface area contributed by atoms with E-state index in [4.69, 9.17) is 4.52 Å². The van der Waals surface area contributed by atoms with Gasteiger partial charge in [-0.15, -0.1) is 0 Å². The van der Waals surface area contributed by atoms with Crippen LogP contribution in [0.5, 0.6) is 0 Å². The number of hydrogen-bond acceptors (Lipinski definition) is 7. The van der Waals surface area contributed by atoms with E-state index < -0.39 is 4.92 Å². The minimum absolute atomic E-state index is 0.0230. The average molecular weight is 367 g/mol. The molecule has 0 fully saturated rings. The Morgan fingerprint density at radius 2 is 1.92 bits per heavy atom. The zero-order valence-corrected chi connectivity index (χ0v) is 14.5. The normalized spacial score (nSPS) is 11.1. The first-order valence-electron chi connectivity index (χ1n) is 7.73. The molecule has 0 aliphatic carbocycles. The SMILES string of the molecule is Cn1c(SCc2nc(-c3ccc([N+](=O)[O-])cc3)no2)nc2ccccc21. The zero-order valence-electron chi connectivity index (χ0n) is 13.7. The highest BCUT2D eigenvalue weighted by Gasteiger charge is 2.13. The van der Waals surface area contributed by atoms with Crippen LogP contribution in [0.2, 0.25) is 0 Å². The van der Waals surface area contributed by atoms with E-state index in [1.807, 2.05) is 35.9 Å². The van der Waals surface area contributed by atoms with Gasteiger partial charge in [0.1, 0.15) is 0 Å². The topological polar surface area (TPSA) is 99.9 Å². The monoisotopic (exact) mass is 367 g/mol. The summed E-state index contributed by atoms with van der Waals surface area (Å²) in [5.41, 5.74) is 2.69. The van der Waals surface area contributed by atoms with E-state index in [-0.39, 0.29) is 5.69 Å². The molecule has 0 aliphatic rings. The number of hydrogen-bond donors (Lipinski definition) is 0. The number of nitro groups is 1. The number of nitrogens with zero attached hydrogens (tertiary/aromatic N) is 5. The quantitative estimate of drug-likeness (QED) is 0.300. The molecule has 26 heavy (non-hydrogen) atoms. The van der Waals surface area contributed by atoms with Gasteiger partial charge in [0.2, 0.25) is 11.7 Å². The second-order valence-electron chi connectivity index (χ2n) is 5.55. The van der Waals surface area contributed by atoms with Gasteiger partial charge in [0.25, 0.3) is 5.69 Å². The number of nitro benzene ring substituents is 1. The number of rotatable bonds is 5. The summed E-state index contributed by atoms with van der Waals surface area (Å²) < 4.78 is 7.30. The van der Waals surface area contributed by atoms with Crippen LogP contribution in [0.15, 0.2) is 58.2 Å². The lowest BCUT2D eigenvalue weighted by atomic mass is 10.2. The highest BCUT2D eigenvalue weighted by molar-refractivity contribution is 7.98. The second kappa shape index (κ2) is 6.60. The predicted molar refractivity (Wildman–Crippen MR) is 96.7 cm³/mol. The van der Waals surface area contributed by atoms with Crippen LogP contribution in [-0.4, -0.2) is 24.6 Å². The Morgan fingerprint density at radius 1 is 1.15 bits per heavy atom. The van der Waals surface area contributed by atoms with Crippen molar-refractivity contribution in [1.29, 1.82) is 0 Å². The van der Waals surface area contributed by atoms with E-state index in [2.05, 4.69) is 15.1 Å². The number of aromatic nitrogens is 4. The highest BCUT2D eigenvalue weighted by atomic mass is 32.2. The van der Waals surface area contributed by atoms with Crippen LogP contribution < -0.4 is 0 Å². The molecule has 0 saturated heterocycles. The van der Waals surface area contributed by atoms with Crippen molar-refractivity contribution in [3.8, 4) is 11.4 Å². The standard InChI is InChI=1S/C17H13N5O3S/c1-21-14-5-3-2-4-13(14)18-17(21)26-10-15-19-16(20-25-15)11-6-8-12(9-7-11)22(23)24/h2-9H,10H2,1H3. The molecule has 0 spiro atoms. The third-order valence-electron chi connectivity index (χ3n) is 3.88. The third-order valence-corrected chi connectivity index (χ3v) is 4.89. The molecule has 0 bridgehead atoms. The Morgan fingerprint density at radius 3 is 2.65 bits per heavy atom. The van der Waals surface area contributed by atoms with E-state index in [1.165, 1.54) is 23.9 Å². The maximum atomic E-state index is 10.7. The van der Waals surface area contributed by atoms with Crippen molar-refractivity contribution in [1.82, 2.24) is 19.7 Å². The van der Waals surface area contributed by atoms with Gasteiger partial charge in [-0.25, -0.2) is 4.98 Å². The Kier molecular flexibility index (Phi) is 4.13. The van der Waals surface area contributed by atoms with Gasteiger partial charge >= 0.3 is 0 Å². The molecule has 4 rings (SSSR count). The van der Waals surface area contributed by atoms with Crippen LogP contribution in [-0.2, 0) is 12.8 Å². The van der Waals surface area contributed by atoms with E-state index in [1.54, 1.807) is 12.1 Å². The summed E-state index contributed by atoms with van der Waals surface area (Å²) in [4.78, 5) is 19.2. The molecule has 0 atom stereocenters. The van der Waals surface area contributed by atoms with Crippen LogP contribution in [0.3, 0.4) is 0 Å². The molecule has 0 amide bonds. The van der Waals surface area contributed by atoms with Crippen molar-refractivity contribution in [3.63, 3.8) is 0 Å². The molecule has 0 saturated carbocycles. The molecular formula is C17H13N5O3S. The molecule has 2 heterocycles. The molecule has 0 unspecified atom stereocenters. The lowest BCUT2D eigenvalue weighted by Crippen LogP contribution is -1.91. The number of benzene rings is 2. The van der Waals surface area contributed by atoms with Crippen LogP contribution in [0.25, 0.3) is 22.4 Å². The predicted octanol–water partition coefficient (Wildman–Crippen LogP) is 3.82. The first-order chi connectivity index (χ1) is 12.6. The van der Waals surface area contributed by atoms with Crippen molar-refractivity contribution in [3.05, 3.63) is 64.5 Å². The lowest BCUT2D eigenvalue weighted by molar-refractivity contribution is -0.384. The highest BCUT2D eigenvalue weighted by Crippen LogP contribution is 2.26. The van der Waals surface area contributed by atoms with E-state index in [9.17, 15) is 10.1 Å². The van der Waals surface area contributed by atoms with E-state index in [0.29, 0.717) is 23.0 Å². The Balaban J connectivity index is 1.49. The molecule has 2 aromatic heterocycles. The number of thioether (sulfide) groups is 1. The number of fused-ring (bicyclic) bond motifs is 1. The fourth-order valence-corrected chi connectivity index (χ4v) is 3.37. The number of aryl methyl sites for hydroxylation is 1. The number of para-hydroxylation sites is 2. The Hall–Kier alpha value is -3.20. The van der Waals surface area contributed by atoms with Crippen LogP contribution in [0, 0.1) is 10.1 Å². The summed E-state index contributed by atoms with van der Waals surface area (Å²) in [6.45, 7) is 0. The van der Waals surface area contributed by atoms with Gasteiger partial charge in [-0.3, -0.25) is 10.1 Å². The molecule has 130 valence electrons. The van der Waals surface area contributed by atoms with Crippen molar-refractivity contribution < 1.29 is 9.45 Å².